The second-order valence-electron chi connectivity index (χ2n) is 5.09. The first-order chi connectivity index (χ1) is 9.81. The molecule has 1 aliphatic rings. The summed E-state index contributed by atoms with van der Waals surface area (Å²) >= 11 is 0. The molecule has 1 aromatic heterocycles. The first-order valence-electron chi connectivity index (χ1n) is 6.96. The van der Waals surface area contributed by atoms with Crippen molar-refractivity contribution in [3.63, 3.8) is 0 Å². The van der Waals surface area contributed by atoms with Gasteiger partial charge in [0.1, 0.15) is 5.82 Å². The second-order valence-corrected chi connectivity index (χ2v) is 5.09. The van der Waals surface area contributed by atoms with Gasteiger partial charge in [-0.2, -0.15) is 4.98 Å². The topological polar surface area (TPSA) is 48.2 Å². The standard InChI is InChI=1S/C15H17FN2O2/c16-13-6-4-11(5-7-13)2-1-3-14-17-15(18-20-14)12-8-9-19-10-12/h4-7,12H,1-3,8-10H2/t12-/m1/s1. The van der Waals surface area contributed by atoms with Crippen molar-refractivity contribution in [1.29, 1.82) is 0 Å². The van der Waals surface area contributed by atoms with Gasteiger partial charge in [-0.05, 0) is 37.0 Å². The molecular weight excluding hydrogens is 259 g/mol. The van der Waals surface area contributed by atoms with Gasteiger partial charge in [0.25, 0.3) is 0 Å². The summed E-state index contributed by atoms with van der Waals surface area (Å²) in [7, 11) is 0. The van der Waals surface area contributed by atoms with E-state index in [-0.39, 0.29) is 11.7 Å². The summed E-state index contributed by atoms with van der Waals surface area (Å²) in [6.45, 7) is 1.47. The molecule has 0 aliphatic carbocycles. The fourth-order valence-electron chi connectivity index (χ4n) is 2.37. The maximum absolute atomic E-state index is 12.8. The Kier molecular flexibility index (Phi) is 4.06. The summed E-state index contributed by atoms with van der Waals surface area (Å²) in [5.74, 6) is 1.52. The zero-order chi connectivity index (χ0) is 13.8. The van der Waals surface area contributed by atoms with E-state index in [1.165, 1.54) is 12.1 Å². The maximum Gasteiger partial charge on any atom is 0.226 e. The minimum absolute atomic E-state index is 0.200. The molecule has 0 bridgehead atoms. The van der Waals surface area contributed by atoms with Crippen LogP contribution in [0.1, 0.15) is 36.0 Å². The molecule has 106 valence electrons. The van der Waals surface area contributed by atoms with Crippen LogP contribution in [-0.4, -0.2) is 23.4 Å². The van der Waals surface area contributed by atoms with Gasteiger partial charge in [-0.15, -0.1) is 0 Å². The van der Waals surface area contributed by atoms with Gasteiger partial charge < -0.3 is 9.26 Å². The molecule has 0 unspecified atom stereocenters. The lowest BCUT2D eigenvalue weighted by atomic mass is 10.1. The Hall–Kier alpha value is -1.75. The SMILES string of the molecule is Fc1ccc(CCCc2nc([C@@H]3CCOC3)no2)cc1. The van der Waals surface area contributed by atoms with Crippen LogP contribution in [0.2, 0.25) is 0 Å². The molecule has 1 atom stereocenters. The van der Waals surface area contributed by atoms with E-state index in [1.807, 2.05) is 12.1 Å². The van der Waals surface area contributed by atoms with E-state index in [0.717, 1.165) is 43.7 Å². The Balaban J connectivity index is 1.49. The largest absolute Gasteiger partial charge is 0.381 e. The molecule has 1 fully saturated rings. The number of rotatable bonds is 5. The van der Waals surface area contributed by atoms with Gasteiger partial charge in [0.2, 0.25) is 5.89 Å². The van der Waals surface area contributed by atoms with Crippen molar-refractivity contribution in [1.82, 2.24) is 10.1 Å². The summed E-state index contributed by atoms with van der Waals surface area (Å²) in [6.07, 6.45) is 3.51. The van der Waals surface area contributed by atoms with Gasteiger partial charge in [-0.1, -0.05) is 17.3 Å². The zero-order valence-electron chi connectivity index (χ0n) is 11.2. The van der Waals surface area contributed by atoms with Crippen molar-refractivity contribution >= 4 is 0 Å². The van der Waals surface area contributed by atoms with E-state index in [0.29, 0.717) is 12.5 Å². The molecule has 0 radical (unpaired) electrons. The molecule has 20 heavy (non-hydrogen) atoms. The quantitative estimate of drug-likeness (QED) is 0.842. The fraction of sp³-hybridized carbons (Fsp3) is 0.467. The number of ether oxygens (including phenoxy) is 1. The first kappa shape index (κ1) is 13.2. The Bertz CT molecular complexity index is 547. The molecule has 1 saturated heterocycles. The number of halogens is 1. The van der Waals surface area contributed by atoms with E-state index in [4.69, 9.17) is 9.26 Å². The van der Waals surface area contributed by atoms with Crippen LogP contribution in [0.4, 0.5) is 4.39 Å². The highest BCUT2D eigenvalue weighted by Crippen LogP contribution is 2.22. The third-order valence-electron chi connectivity index (χ3n) is 3.55. The molecule has 2 aromatic rings. The lowest BCUT2D eigenvalue weighted by Crippen LogP contribution is -2.00. The van der Waals surface area contributed by atoms with Crippen molar-refractivity contribution < 1.29 is 13.7 Å². The van der Waals surface area contributed by atoms with Crippen LogP contribution in [0, 0.1) is 5.82 Å². The molecule has 2 heterocycles. The highest BCUT2D eigenvalue weighted by Gasteiger charge is 2.22. The van der Waals surface area contributed by atoms with Crippen molar-refractivity contribution in [3.05, 3.63) is 47.4 Å². The third kappa shape index (κ3) is 3.22. The van der Waals surface area contributed by atoms with Crippen LogP contribution in [0.3, 0.4) is 0 Å². The zero-order valence-corrected chi connectivity index (χ0v) is 11.2. The van der Waals surface area contributed by atoms with Crippen molar-refractivity contribution in [3.8, 4) is 0 Å². The summed E-state index contributed by atoms with van der Waals surface area (Å²) in [4.78, 5) is 4.42. The molecular formula is C15H17FN2O2. The van der Waals surface area contributed by atoms with E-state index in [9.17, 15) is 4.39 Å². The molecule has 4 nitrogen and oxygen atoms in total. The highest BCUT2D eigenvalue weighted by molar-refractivity contribution is 5.16. The summed E-state index contributed by atoms with van der Waals surface area (Å²) in [6, 6.07) is 6.59. The molecule has 0 saturated carbocycles. The van der Waals surface area contributed by atoms with E-state index in [1.54, 1.807) is 0 Å². The highest BCUT2D eigenvalue weighted by atomic mass is 19.1. The van der Waals surface area contributed by atoms with Crippen molar-refractivity contribution in [2.45, 2.75) is 31.6 Å². The third-order valence-corrected chi connectivity index (χ3v) is 3.55. The van der Waals surface area contributed by atoms with Gasteiger partial charge in [0.15, 0.2) is 5.82 Å². The second kappa shape index (κ2) is 6.13. The van der Waals surface area contributed by atoms with Gasteiger partial charge in [0, 0.05) is 18.9 Å². The van der Waals surface area contributed by atoms with Crippen LogP contribution in [-0.2, 0) is 17.6 Å². The lowest BCUT2D eigenvalue weighted by Gasteiger charge is -1.99. The van der Waals surface area contributed by atoms with Gasteiger partial charge in [-0.25, -0.2) is 4.39 Å². The van der Waals surface area contributed by atoms with Gasteiger partial charge in [0.05, 0.1) is 6.61 Å². The van der Waals surface area contributed by atoms with E-state index < -0.39 is 0 Å². The van der Waals surface area contributed by atoms with Crippen LogP contribution in [0.25, 0.3) is 0 Å². The molecule has 3 rings (SSSR count). The van der Waals surface area contributed by atoms with Crippen LogP contribution >= 0.6 is 0 Å². The minimum Gasteiger partial charge on any atom is -0.381 e. The van der Waals surface area contributed by atoms with E-state index in [2.05, 4.69) is 10.1 Å². The lowest BCUT2D eigenvalue weighted by molar-refractivity contribution is 0.192. The Morgan fingerprint density at radius 2 is 2.05 bits per heavy atom. The summed E-state index contributed by atoms with van der Waals surface area (Å²) in [5, 5.41) is 4.02. The van der Waals surface area contributed by atoms with Gasteiger partial charge in [-0.3, -0.25) is 0 Å². The molecule has 5 heteroatoms. The average Bonchev–Trinajstić information content (AvgIpc) is 3.11. The average molecular weight is 276 g/mol. The molecule has 0 amide bonds. The van der Waals surface area contributed by atoms with Crippen molar-refractivity contribution in [2.75, 3.05) is 13.2 Å². The summed E-state index contributed by atoms with van der Waals surface area (Å²) < 4.78 is 23.4. The van der Waals surface area contributed by atoms with Gasteiger partial charge >= 0.3 is 0 Å². The Morgan fingerprint density at radius 1 is 1.20 bits per heavy atom. The number of nitrogens with zero attached hydrogens (tertiary/aromatic N) is 2. The predicted octanol–water partition coefficient (Wildman–Crippen LogP) is 2.89. The molecule has 0 N–H and O–H groups in total. The first-order valence-corrected chi connectivity index (χ1v) is 6.96. The van der Waals surface area contributed by atoms with Crippen LogP contribution in [0.15, 0.2) is 28.8 Å². The number of hydrogen-bond donors (Lipinski definition) is 0. The molecule has 0 spiro atoms. The van der Waals surface area contributed by atoms with Crippen LogP contribution < -0.4 is 0 Å². The van der Waals surface area contributed by atoms with Crippen molar-refractivity contribution in [2.24, 2.45) is 0 Å². The maximum atomic E-state index is 12.8. The monoisotopic (exact) mass is 276 g/mol. The summed E-state index contributed by atoms with van der Waals surface area (Å²) in [5.41, 5.74) is 1.12. The Morgan fingerprint density at radius 3 is 2.80 bits per heavy atom. The normalized spacial score (nSPS) is 18.6. The number of benzene rings is 1. The number of aryl methyl sites for hydroxylation is 2. The molecule has 1 aliphatic heterocycles. The number of aromatic nitrogens is 2. The van der Waals surface area contributed by atoms with Crippen LogP contribution in [0.5, 0.6) is 0 Å². The smallest absolute Gasteiger partial charge is 0.226 e. The minimum atomic E-state index is -0.200. The van der Waals surface area contributed by atoms with E-state index >= 15 is 0 Å². The predicted molar refractivity (Wildman–Crippen MR) is 70.9 cm³/mol. The number of hydrogen-bond acceptors (Lipinski definition) is 4. The fourth-order valence-corrected chi connectivity index (χ4v) is 2.37. The Labute approximate surface area is 117 Å². The molecule has 1 aromatic carbocycles.